The number of ether oxygens (including phenoxy) is 1. The summed E-state index contributed by atoms with van der Waals surface area (Å²) in [5.74, 6) is -1.41. The third-order valence-electron chi connectivity index (χ3n) is 4.98. The lowest BCUT2D eigenvalue weighted by Crippen LogP contribution is -2.23. The van der Waals surface area contributed by atoms with Crippen molar-refractivity contribution in [1.82, 2.24) is 14.3 Å². The Balaban J connectivity index is 1.38. The standard InChI is InChI=1S/C23H21FN4O3/c1-15-23(16(2)28(26-15)17-7-4-3-5-8-17)25-21(29)14-31-22(30)13-27-12-11-18-19(24)9-6-10-20(18)27/h3-12H,13-14H2,1-2H3,(H,25,29). The van der Waals surface area contributed by atoms with Gasteiger partial charge in [-0.15, -0.1) is 0 Å². The number of anilines is 1. The van der Waals surface area contributed by atoms with E-state index in [9.17, 15) is 14.0 Å². The lowest BCUT2D eigenvalue weighted by molar-refractivity contribution is -0.147. The average Bonchev–Trinajstić information content (AvgIpc) is 3.30. The van der Waals surface area contributed by atoms with Gasteiger partial charge in [-0.05, 0) is 44.2 Å². The van der Waals surface area contributed by atoms with E-state index in [4.69, 9.17) is 4.74 Å². The third-order valence-corrected chi connectivity index (χ3v) is 4.98. The van der Waals surface area contributed by atoms with Gasteiger partial charge in [-0.3, -0.25) is 9.59 Å². The molecule has 0 spiro atoms. The Labute approximate surface area is 178 Å². The number of hydrogen-bond acceptors (Lipinski definition) is 4. The van der Waals surface area contributed by atoms with Crippen LogP contribution in [0.5, 0.6) is 0 Å². The zero-order valence-electron chi connectivity index (χ0n) is 17.1. The number of fused-ring (bicyclic) bond motifs is 1. The van der Waals surface area contributed by atoms with Gasteiger partial charge in [-0.25, -0.2) is 9.07 Å². The van der Waals surface area contributed by atoms with E-state index in [1.54, 1.807) is 40.6 Å². The van der Waals surface area contributed by atoms with Crippen molar-refractivity contribution < 1.29 is 18.7 Å². The van der Waals surface area contributed by atoms with E-state index in [1.807, 2.05) is 37.3 Å². The zero-order chi connectivity index (χ0) is 22.0. The summed E-state index contributed by atoms with van der Waals surface area (Å²) in [4.78, 5) is 24.5. The number of carbonyl (C=O) groups excluding carboxylic acids is 2. The molecule has 0 aliphatic rings. The summed E-state index contributed by atoms with van der Waals surface area (Å²) in [6, 6.07) is 15.8. The van der Waals surface area contributed by atoms with E-state index in [0.717, 1.165) is 11.4 Å². The summed E-state index contributed by atoms with van der Waals surface area (Å²) in [6.45, 7) is 3.10. The van der Waals surface area contributed by atoms with Crippen LogP contribution in [0, 0.1) is 19.7 Å². The summed E-state index contributed by atoms with van der Waals surface area (Å²) in [6.07, 6.45) is 1.61. The second kappa shape index (κ2) is 8.43. The number of aryl methyl sites for hydroxylation is 1. The van der Waals surface area contributed by atoms with E-state index < -0.39 is 18.5 Å². The van der Waals surface area contributed by atoms with Gasteiger partial charge in [0.2, 0.25) is 0 Å². The maximum absolute atomic E-state index is 13.8. The first-order valence-electron chi connectivity index (χ1n) is 9.74. The lowest BCUT2D eigenvalue weighted by Gasteiger charge is -2.09. The zero-order valence-corrected chi connectivity index (χ0v) is 17.1. The first-order chi connectivity index (χ1) is 14.9. The Morgan fingerprint density at radius 1 is 1.06 bits per heavy atom. The molecule has 0 atom stereocenters. The topological polar surface area (TPSA) is 78.2 Å². The largest absolute Gasteiger partial charge is 0.454 e. The third kappa shape index (κ3) is 4.18. The number of aromatic nitrogens is 3. The molecule has 31 heavy (non-hydrogen) atoms. The van der Waals surface area contributed by atoms with Crippen LogP contribution in [0.2, 0.25) is 0 Å². The van der Waals surface area contributed by atoms with Gasteiger partial charge in [0.25, 0.3) is 5.91 Å². The Hall–Kier alpha value is -3.94. The van der Waals surface area contributed by atoms with Crippen LogP contribution in [0.1, 0.15) is 11.4 Å². The van der Waals surface area contributed by atoms with E-state index >= 15 is 0 Å². The first kappa shape index (κ1) is 20.3. The summed E-state index contributed by atoms with van der Waals surface area (Å²) in [5, 5.41) is 7.66. The molecule has 8 heteroatoms. The minimum atomic E-state index is -0.592. The molecule has 1 amide bonds. The summed E-state index contributed by atoms with van der Waals surface area (Å²) in [5.41, 5.74) is 3.47. The number of hydrogen-bond donors (Lipinski definition) is 1. The molecule has 2 heterocycles. The van der Waals surface area contributed by atoms with Crippen LogP contribution >= 0.6 is 0 Å². The molecule has 0 radical (unpaired) electrons. The predicted octanol–water partition coefficient (Wildman–Crippen LogP) is 3.76. The van der Waals surface area contributed by atoms with E-state index in [-0.39, 0.29) is 12.4 Å². The highest BCUT2D eigenvalue weighted by atomic mass is 19.1. The van der Waals surface area contributed by atoms with Gasteiger partial charge < -0.3 is 14.6 Å². The molecular weight excluding hydrogens is 399 g/mol. The van der Waals surface area contributed by atoms with Crippen molar-refractivity contribution in [2.75, 3.05) is 11.9 Å². The molecule has 2 aromatic carbocycles. The Morgan fingerprint density at radius 3 is 2.61 bits per heavy atom. The number of nitrogens with one attached hydrogen (secondary N) is 1. The normalized spacial score (nSPS) is 10.9. The molecule has 0 aliphatic carbocycles. The molecule has 4 aromatic rings. The van der Waals surface area contributed by atoms with Crippen molar-refractivity contribution in [3.63, 3.8) is 0 Å². The molecule has 158 valence electrons. The van der Waals surface area contributed by atoms with E-state index in [1.165, 1.54) is 6.07 Å². The SMILES string of the molecule is Cc1nn(-c2ccccc2)c(C)c1NC(=O)COC(=O)Cn1ccc2c(F)cccc21. The van der Waals surface area contributed by atoms with Crippen LogP contribution in [0.3, 0.4) is 0 Å². The van der Waals surface area contributed by atoms with Crippen LogP contribution in [-0.4, -0.2) is 32.8 Å². The van der Waals surface area contributed by atoms with Gasteiger partial charge in [-0.2, -0.15) is 5.10 Å². The number of para-hydroxylation sites is 1. The Kier molecular flexibility index (Phi) is 5.53. The van der Waals surface area contributed by atoms with Gasteiger partial charge in [0, 0.05) is 11.6 Å². The number of rotatable bonds is 6. The van der Waals surface area contributed by atoms with Crippen LogP contribution in [-0.2, 0) is 20.9 Å². The average molecular weight is 420 g/mol. The Bertz CT molecular complexity index is 1260. The molecule has 0 saturated heterocycles. The summed E-state index contributed by atoms with van der Waals surface area (Å²) < 4.78 is 22.2. The van der Waals surface area contributed by atoms with Crippen molar-refractivity contribution in [2.45, 2.75) is 20.4 Å². The van der Waals surface area contributed by atoms with E-state index in [2.05, 4.69) is 10.4 Å². The highest BCUT2D eigenvalue weighted by molar-refractivity contribution is 5.94. The van der Waals surface area contributed by atoms with Gasteiger partial charge in [0.15, 0.2) is 6.61 Å². The van der Waals surface area contributed by atoms with Crippen molar-refractivity contribution in [3.8, 4) is 5.69 Å². The molecule has 0 aliphatic heterocycles. The molecule has 7 nitrogen and oxygen atoms in total. The number of esters is 1. The molecule has 0 bridgehead atoms. The molecular formula is C23H21FN4O3. The maximum atomic E-state index is 13.8. The van der Waals surface area contributed by atoms with Gasteiger partial charge in [0.1, 0.15) is 12.4 Å². The number of benzene rings is 2. The molecule has 4 rings (SSSR count). The fourth-order valence-electron chi connectivity index (χ4n) is 3.47. The minimum absolute atomic E-state index is 0.121. The smallest absolute Gasteiger partial charge is 0.326 e. The first-order valence-corrected chi connectivity index (χ1v) is 9.74. The summed E-state index contributed by atoms with van der Waals surface area (Å²) >= 11 is 0. The minimum Gasteiger partial charge on any atom is -0.454 e. The van der Waals surface area contributed by atoms with Crippen LogP contribution in [0.25, 0.3) is 16.6 Å². The number of halogens is 1. The van der Waals surface area contributed by atoms with Crippen LogP contribution in [0.4, 0.5) is 10.1 Å². The Morgan fingerprint density at radius 2 is 1.84 bits per heavy atom. The highest BCUT2D eigenvalue weighted by Gasteiger charge is 2.17. The van der Waals surface area contributed by atoms with Crippen molar-refractivity contribution in [3.05, 3.63) is 78.0 Å². The van der Waals surface area contributed by atoms with Crippen LogP contribution in [0.15, 0.2) is 60.8 Å². The van der Waals surface area contributed by atoms with Crippen molar-refractivity contribution in [2.24, 2.45) is 0 Å². The van der Waals surface area contributed by atoms with Gasteiger partial charge in [0.05, 0.1) is 28.3 Å². The van der Waals surface area contributed by atoms with E-state index in [0.29, 0.717) is 22.3 Å². The molecule has 0 saturated carbocycles. The second-order valence-corrected chi connectivity index (χ2v) is 7.12. The van der Waals surface area contributed by atoms with Crippen molar-refractivity contribution in [1.29, 1.82) is 0 Å². The maximum Gasteiger partial charge on any atom is 0.326 e. The second-order valence-electron chi connectivity index (χ2n) is 7.12. The fraction of sp³-hybridized carbons (Fsp3) is 0.174. The number of nitrogens with zero attached hydrogens (tertiary/aromatic N) is 3. The van der Waals surface area contributed by atoms with Gasteiger partial charge in [-0.1, -0.05) is 24.3 Å². The van der Waals surface area contributed by atoms with Crippen LogP contribution < -0.4 is 5.32 Å². The molecule has 0 unspecified atom stereocenters. The summed E-state index contributed by atoms with van der Waals surface area (Å²) in [7, 11) is 0. The predicted molar refractivity (Wildman–Crippen MR) is 115 cm³/mol. The quantitative estimate of drug-likeness (QED) is 0.482. The lowest BCUT2D eigenvalue weighted by atomic mass is 10.2. The fourth-order valence-corrected chi connectivity index (χ4v) is 3.47. The highest BCUT2D eigenvalue weighted by Crippen LogP contribution is 2.23. The molecule has 0 fully saturated rings. The monoisotopic (exact) mass is 420 g/mol. The number of carbonyl (C=O) groups is 2. The van der Waals surface area contributed by atoms with Gasteiger partial charge >= 0.3 is 5.97 Å². The number of amides is 1. The molecule has 2 aromatic heterocycles. The molecule has 1 N–H and O–H groups in total. The van der Waals surface area contributed by atoms with Crippen molar-refractivity contribution >= 4 is 28.5 Å².